The van der Waals surface area contributed by atoms with E-state index in [0.717, 1.165) is 22.3 Å². The Balaban J connectivity index is 2.44. The third-order valence-corrected chi connectivity index (χ3v) is 4.55. The van der Waals surface area contributed by atoms with Gasteiger partial charge in [-0.3, -0.25) is 9.59 Å². The molecule has 0 aliphatic carbocycles. The molecule has 0 radical (unpaired) electrons. The zero-order valence-electron chi connectivity index (χ0n) is 16.7. The fourth-order valence-electron chi connectivity index (χ4n) is 2.96. The van der Waals surface area contributed by atoms with Crippen molar-refractivity contribution in [3.8, 4) is 5.75 Å². The van der Waals surface area contributed by atoms with E-state index in [0.29, 0.717) is 25.2 Å². The molecule has 0 unspecified atom stereocenters. The van der Waals surface area contributed by atoms with Gasteiger partial charge in [0.15, 0.2) is 0 Å². The number of carboxylic acids is 2. The van der Waals surface area contributed by atoms with Gasteiger partial charge in [0.1, 0.15) is 12.4 Å². The van der Waals surface area contributed by atoms with Crippen molar-refractivity contribution in [2.75, 3.05) is 0 Å². The highest BCUT2D eigenvalue weighted by Gasteiger charge is 2.21. The highest BCUT2D eigenvalue weighted by atomic mass is 16.5. The van der Waals surface area contributed by atoms with Crippen molar-refractivity contribution in [2.24, 2.45) is 0 Å². The average Bonchev–Trinajstić information content (AvgIpc) is 2.63. The number of hydrogen-bond donors (Lipinski definition) is 2. The first-order valence-electron chi connectivity index (χ1n) is 9.43. The number of carbonyl (C=O) groups is 2. The Kier molecular flexibility index (Phi) is 7.21. The van der Waals surface area contributed by atoms with Gasteiger partial charge in [-0.15, -0.1) is 0 Å². The summed E-state index contributed by atoms with van der Waals surface area (Å²) >= 11 is 0. The van der Waals surface area contributed by atoms with Gasteiger partial charge < -0.3 is 14.9 Å². The Hall–Kier alpha value is -2.82. The standard InChI is InChI=1S/C23H28O5/c1-23(2,3)19-13-17(9-11-20(24)25)22(18(14-19)10-12-21(26)27)28-15-16-7-5-4-6-8-16/h4-8,13-14H,9-12,15H2,1-3H3,(H,24,25)(H,26,27). The van der Waals surface area contributed by atoms with Crippen molar-refractivity contribution < 1.29 is 24.5 Å². The van der Waals surface area contributed by atoms with Crippen LogP contribution >= 0.6 is 0 Å². The van der Waals surface area contributed by atoms with Gasteiger partial charge in [-0.2, -0.15) is 0 Å². The fourth-order valence-corrected chi connectivity index (χ4v) is 2.96. The molecule has 2 N–H and O–H groups in total. The molecular formula is C23H28O5. The smallest absolute Gasteiger partial charge is 0.303 e. The molecule has 0 amide bonds. The highest BCUT2D eigenvalue weighted by molar-refractivity contribution is 5.68. The quantitative estimate of drug-likeness (QED) is 0.660. The van der Waals surface area contributed by atoms with Crippen molar-refractivity contribution in [1.29, 1.82) is 0 Å². The van der Waals surface area contributed by atoms with E-state index < -0.39 is 11.9 Å². The van der Waals surface area contributed by atoms with E-state index in [-0.39, 0.29) is 18.3 Å². The molecule has 150 valence electrons. The van der Waals surface area contributed by atoms with Crippen LogP contribution in [0.25, 0.3) is 0 Å². The number of carboxylic acid groups (broad SMARTS) is 2. The van der Waals surface area contributed by atoms with Crippen molar-refractivity contribution in [3.63, 3.8) is 0 Å². The van der Waals surface area contributed by atoms with Gasteiger partial charge >= 0.3 is 11.9 Å². The molecule has 0 spiro atoms. The summed E-state index contributed by atoms with van der Waals surface area (Å²) in [6, 6.07) is 13.7. The summed E-state index contributed by atoms with van der Waals surface area (Å²) in [5.41, 5.74) is 3.52. The summed E-state index contributed by atoms with van der Waals surface area (Å²) in [6.07, 6.45) is 0.661. The van der Waals surface area contributed by atoms with E-state index in [1.54, 1.807) is 0 Å². The van der Waals surface area contributed by atoms with Crippen LogP contribution in [0.5, 0.6) is 5.75 Å². The third-order valence-electron chi connectivity index (χ3n) is 4.55. The van der Waals surface area contributed by atoms with E-state index in [9.17, 15) is 9.59 Å². The zero-order valence-corrected chi connectivity index (χ0v) is 16.7. The Labute approximate surface area is 166 Å². The van der Waals surface area contributed by atoms with Crippen LogP contribution in [0.2, 0.25) is 0 Å². The lowest BCUT2D eigenvalue weighted by Crippen LogP contribution is -2.14. The van der Waals surface area contributed by atoms with E-state index in [2.05, 4.69) is 20.8 Å². The predicted octanol–water partition coefficient (Wildman–Crippen LogP) is 4.60. The Bertz CT molecular complexity index is 780. The molecule has 2 aromatic rings. The molecule has 28 heavy (non-hydrogen) atoms. The molecule has 0 bridgehead atoms. The van der Waals surface area contributed by atoms with Crippen LogP contribution in [0, 0.1) is 0 Å². The number of ether oxygens (including phenoxy) is 1. The molecule has 5 nitrogen and oxygen atoms in total. The largest absolute Gasteiger partial charge is 0.488 e. The minimum absolute atomic E-state index is 0.00629. The van der Waals surface area contributed by atoms with Gasteiger partial charge in [0.05, 0.1) is 0 Å². The lowest BCUT2D eigenvalue weighted by molar-refractivity contribution is -0.137. The number of rotatable bonds is 9. The predicted molar refractivity (Wildman–Crippen MR) is 108 cm³/mol. The summed E-state index contributed by atoms with van der Waals surface area (Å²) < 4.78 is 6.10. The average molecular weight is 384 g/mol. The number of hydrogen-bond acceptors (Lipinski definition) is 3. The Morgan fingerprint density at radius 1 is 0.893 bits per heavy atom. The van der Waals surface area contributed by atoms with Crippen LogP contribution in [-0.2, 0) is 34.5 Å². The normalized spacial score (nSPS) is 11.2. The monoisotopic (exact) mass is 384 g/mol. The number of aliphatic carboxylic acids is 2. The van der Waals surface area contributed by atoms with E-state index in [4.69, 9.17) is 14.9 Å². The van der Waals surface area contributed by atoms with E-state index >= 15 is 0 Å². The summed E-state index contributed by atoms with van der Waals surface area (Å²) in [4.78, 5) is 22.3. The zero-order chi connectivity index (χ0) is 20.7. The van der Waals surface area contributed by atoms with Crippen molar-refractivity contribution in [3.05, 3.63) is 64.7 Å². The molecule has 0 heterocycles. The summed E-state index contributed by atoms with van der Waals surface area (Å²) in [5, 5.41) is 18.3. The first-order valence-corrected chi connectivity index (χ1v) is 9.43. The fraction of sp³-hybridized carbons (Fsp3) is 0.391. The Morgan fingerprint density at radius 2 is 1.39 bits per heavy atom. The van der Waals surface area contributed by atoms with Gasteiger partial charge in [-0.1, -0.05) is 63.2 Å². The van der Waals surface area contributed by atoms with E-state index in [1.165, 1.54) is 0 Å². The molecule has 2 rings (SSSR count). The first kappa shape index (κ1) is 21.5. The second-order valence-electron chi connectivity index (χ2n) is 7.94. The van der Waals surface area contributed by atoms with Gasteiger partial charge in [0, 0.05) is 12.8 Å². The number of aryl methyl sites for hydroxylation is 2. The molecule has 5 heteroatoms. The van der Waals surface area contributed by atoms with Crippen molar-refractivity contribution >= 4 is 11.9 Å². The van der Waals surface area contributed by atoms with Crippen molar-refractivity contribution in [2.45, 2.75) is 58.5 Å². The molecule has 0 saturated carbocycles. The van der Waals surface area contributed by atoms with Crippen LogP contribution < -0.4 is 4.74 Å². The van der Waals surface area contributed by atoms with Gasteiger partial charge in [0.25, 0.3) is 0 Å². The highest BCUT2D eigenvalue weighted by Crippen LogP contribution is 2.34. The Morgan fingerprint density at radius 3 is 1.82 bits per heavy atom. The molecule has 0 fully saturated rings. The molecule has 0 aliphatic rings. The first-order chi connectivity index (χ1) is 13.2. The van der Waals surface area contributed by atoms with Crippen LogP contribution in [0.15, 0.2) is 42.5 Å². The molecule has 2 aromatic carbocycles. The summed E-state index contributed by atoms with van der Waals surface area (Å²) in [5.74, 6) is -1.14. The maximum absolute atomic E-state index is 11.1. The lowest BCUT2D eigenvalue weighted by Gasteiger charge is -2.24. The number of benzene rings is 2. The summed E-state index contributed by atoms with van der Waals surface area (Å²) in [7, 11) is 0. The lowest BCUT2D eigenvalue weighted by atomic mass is 9.83. The third kappa shape index (κ3) is 6.41. The van der Waals surface area contributed by atoms with E-state index in [1.807, 2.05) is 42.5 Å². The topological polar surface area (TPSA) is 83.8 Å². The molecule has 0 aliphatic heterocycles. The van der Waals surface area contributed by atoms with Gasteiger partial charge in [0.2, 0.25) is 0 Å². The molecule has 0 saturated heterocycles. The summed E-state index contributed by atoms with van der Waals surface area (Å²) in [6.45, 7) is 6.58. The van der Waals surface area contributed by atoms with Gasteiger partial charge in [-0.05, 0) is 40.5 Å². The van der Waals surface area contributed by atoms with Crippen LogP contribution in [-0.4, -0.2) is 22.2 Å². The molecule has 0 atom stereocenters. The van der Waals surface area contributed by atoms with Crippen molar-refractivity contribution in [1.82, 2.24) is 0 Å². The van der Waals surface area contributed by atoms with Crippen LogP contribution in [0.1, 0.15) is 55.9 Å². The second-order valence-corrected chi connectivity index (χ2v) is 7.94. The SMILES string of the molecule is CC(C)(C)c1cc(CCC(=O)O)c(OCc2ccccc2)c(CCC(=O)O)c1. The molecule has 0 aromatic heterocycles. The maximum Gasteiger partial charge on any atom is 0.303 e. The minimum Gasteiger partial charge on any atom is -0.488 e. The minimum atomic E-state index is -0.873. The van der Waals surface area contributed by atoms with Crippen LogP contribution in [0.3, 0.4) is 0 Å². The maximum atomic E-state index is 11.1. The van der Waals surface area contributed by atoms with Gasteiger partial charge in [-0.25, -0.2) is 0 Å². The second kappa shape index (κ2) is 9.40. The van der Waals surface area contributed by atoms with Crippen LogP contribution in [0.4, 0.5) is 0 Å². The molecular weight excluding hydrogens is 356 g/mol.